The van der Waals surface area contributed by atoms with E-state index in [9.17, 15) is 4.39 Å². The molecule has 0 spiro atoms. The zero-order valence-corrected chi connectivity index (χ0v) is 14.0. The molecule has 0 amide bonds. The molecule has 0 unspecified atom stereocenters. The molecule has 5 rings (SSSR count). The predicted molar refractivity (Wildman–Crippen MR) is 95.2 cm³/mol. The van der Waals surface area contributed by atoms with E-state index in [0.717, 1.165) is 42.4 Å². The Balaban J connectivity index is 1.57. The van der Waals surface area contributed by atoms with Crippen molar-refractivity contribution in [2.45, 2.75) is 18.9 Å². The van der Waals surface area contributed by atoms with Gasteiger partial charge in [-0.15, -0.1) is 0 Å². The first-order chi connectivity index (χ1) is 12.3. The van der Waals surface area contributed by atoms with E-state index in [-0.39, 0.29) is 5.82 Å². The summed E-state index contributed by atoms with van der Waals surface area (Å²) in [6.45, 7) is 4.36. The molecule has 0 aliphatic carbocycles. The molecule has 5 nitrogen and oxygen atoms in total. The van der Waals surface area contributed by atoms with Gasteiger partial charge >= 0.3 is 0 Å². The van der Waals surface area contributed by atoms with E-state index in [1.54, 1.807) is 18.3 Å². The van der Waals surface area contributed by atoms with Crippen molar-refractivity contribution in [3.05, 3.63) is 48.4 Å². The Hall–Kier alpha value is -2.47. The van der Waals surface area contributed by atoms with Gasteiger partial charge < -0.3 is 4.90 Å². The average Bonchev–Trinajstić information content (AvgIpc) is 3.29. The molecule has 2 aromatic heterocycles. The smallest absolute Gasteiger partial charge is 0.157 e. The van der Waals surface area contributed by atoms with Gasteiger partial charge in [-0.25, -0.2) is 9.37 Å². The van der Waals surface area contributed by atoms with E-state index < -0.39 is 0 Å². The summed E-state index contributed by atoms with van der Waals surface area (Å²) in [4.78, 5) is 9.71. The summed E-state index contributed by atoms with van der Waals surface area (Å²) in [6, 6.07) is 11.2. The van der Waals surface area contributed by atoms with Crippen molar-refractivity contribution in [2.75, 3.05) is 31.1 Å². The minimum absolute atomic E-state index is 0.230. The van der Waals surface area contributed by atoms with Gasteiger partial charge in [-0.05, 0) is 43.7 Å². The third-order valence-corrected chi connectivity index (χ3v) is 5.39. The quantitative estimate of drug-likeness (QED) is 0.721. The molecule has 0 radical (unpaired) electrons. The normalized spacial score (nSPS) is 21.0. The highest BCUT2D eigenvalue weighted by atomic mass is 19.1. The number of hydrogen-bond donors (Lipinski definition) is 0. The number of anilines is 1. The van der Waals surface area contributed by atoms with Gasteiger partial charge in [0.15, 0.2) is 5.65 Å². The van der Waals surface area contributed by atoms with E-state index in [1.807, 2.05) is 10.6 Å². The fourth-order valence-electron chi connectivity index (χ4n) is 4.09. The lowest BCUT2D eigenvalue weighted by Gasteiger charge is -2.38. The second kappa shape index (κ2) is 5.81. The SMILES string of the molecule is Fc1ccc(-c2cc(N3CCN4CCC[C@H]4C3)n3nccc3n2)cc1. The molecule has 0 N–H and O–H groups in total. The molecule has 0 saturated carbocycles. The van der Waals surface area contributed by atoms with Gasteiger partial charge in [-0.1, -0.05) is 0 Å². The third kappa shape index (κ3) is 2.57. The van der Waals surface area contributed by atoms with Crippen LogP contribution in [0.5, 0.6) is 0 Å². The van der Waals surface area contributed by atoms with Crippen LogP contribution >= 0.6 is 0 Å². The van der Waals surface area contributed by atoms with Gasteiger partial charge in [0.2, 0.25) is 0 Å². The number of benzene rings is 1. The van der Waals surface area contributed by atoms with Crippen LogP contribution < -0.4 is 4.90 Å². The van der Waals surface area contributed by atoms with Crippen LogP contribution in [0.3, 0.4) is 0 Å². The molecule has 2 saturated heterocycles. The molecule has 25 heavy (non-hydrogen) atoms. The number of piperazine rings is 1. The molecular formula is C19H20FN5. The molecule has 0 bridgehead atoms. The molecule has 2 aliphatic heterocycles. The highest BCUT2D eigenvalue weighted by Gasteiger charge is 2.31. The highest BCUT2D eigenvalue weighted by Crippen LogP contribution is 2.28. The van der Waals surface area contributed by atoms with E-state index in [0.29, 0.717) is 6.04 Å². The monoisotopic (exact) mass is 337 g/mol. The molecule has 3 aromatic rings. The van der Waals surface area contributed by atoms with Gasteiger partial charge in [0.25, 0.3) is 0 Å². The van der Waals surface area contributed by atoms with Crippen molar-refractivity contribution in [1.82, 2.24) is 19.5 Å². The van der Waals surface area contributed by atoms with Gasteiger partial charge in [0.05, 0.1) is 11.9 Å². The second-order valence-electron chi connectivity index (χ2n) is 6.89. The summed E-state index contributed by atoms with van der Waals surface area (Å²) in [5.41, 5.74) is 2.60. The molecule has 1 aromatic carbocycles. The lowest BCUT2D eigenvalue weighted by Crippen LogP contribution is -2.50. The van der Waals surface area contributed by atoms with Gasteiger partial charge in [0, 0.05) is 43.4 Å². The van der Waals surface area contributed by atoms with Gasteiger partial charge in [-0.3, -0.25) is 4.90 Å². The molecule has 2 aliphatic rings. The van der Waals surface area contributed by atoms with Crippen molar-refractivity contribution >= 4 is 11.5 Å². The minimum Gasteiger partial charge on any atom is -0.354 e. The zero-order chi connectivity index (χ0) is 16.8. The Morgan fingerprint density at radius 2 is 1.92 bits per heavy atom. The van der Waals surface area contributed by atoms with Crippen molar-refractivity contribution in [3.63, 3.8) is 0 Å². The zero-order valence-electron chi connectivity index (χ0n) is 14.0. The Morgan fingerprint density at radius 3 is 2.80 bits per heavy atom. The predicted octanol–water partition coefficient (Wildman–Crippen LogP) is 2.82. The molecule has 4 heterocycles. The number of fused-ring (bicyclic) bond motifs is 2. The maximum Gasteiger partial charge on any atom is 0.157 e. The first kappa shape index (κ1) is 14.8. The number of aromatic nitrogens is 3. The molecule has 6 heteroatoms. The standard InChI is InChI=1S/C19H20FN5/c20-15-5-3-14(4-6-15)17-12-19(25-18(22-17)7-8-21-25)24-11-10-23-9-1-2-16(23)13-24/h3-8,12,16H,1-2,9-11,13H2/t16-/m0/s1. The largest absolute Gasteiger partial charge is 0.354 e. The van der Waals surface area contributed by atoms with E-state index >= 15 is 0 Å². The van der Waals surface area contributed by atoms with E-state index in [1.165, 1.54) is 31.5 Å². The summed E-state index contributed by atoms with van der Waals surface area (Å²) in [5, 5.41) is 4.47. The summed E-state index contributed by atoms with van der Waals surface area (Å²) in [6.07, 6.45) is 4.35. The van der Waals surface area contributed by atoms with Crippen molar-refractivity contribution < 1.29 is 4.39 Å². The van der Waals surface area contributed by atoms with Crippen LogP contribution in [0.15, 0.2) is 42.6 Å². The Morgan fingerprint density at radius 1 is 1.04 bits per heavy atom. The summed E-state index contributed by atoms with van der Waals surface area (Å²) >= 11 is 0. The Kier molecular flexibility index (Phi) is 3.45. The summed E-state index contributed by atoms with van der Waals surface area (Å²) in [5.74, 6) is 0.840. The molecule has 2 fully saturated rings. The molecule has 1 atom stereocenters. The topological polar surface area (TPSA) is 36.7 Å². The van der Waals surface area contributed by atoms with Crippen LogP contribution in [0.25, 0.3) is 16.9 Å². The fraction of sp³-hybridized carbons (Fsp3) is 0.368. The summed E-state index contributed by atoms with van der Waals surface area (Å²) < 4.78 is 15.2. The molecular weight excluding hydrogens is 317 g/mol. The first-order valence-corrected chi connectivity index (χ1v) is 8.88. The fourth-order valence-corrected chi connectivity index (χ4v) is 4.09. The van der Waals surface area contributed by atoms with E-state index in [4.69, 9.17) is 4.98 Å². The van der Waals surface area contributed by atoms with Crippen molar-refractivity contribution in [3.8, 4) is 11.3 Å². The first-order valence-electron chi connectivity index (χ1n) is 8.88. The maximum absolute atomic E-state index is 13.3. The van der Waals surface area contributed by atoms with Crippen LogP contribution in [-0.4, -0.2) is 51.7 Å². The van der Waals surface area contributed by atoms with Gasteiger partial charge in [-0.2, -0.15) is 9.61 Å². The van der Waals surface area contributed by atoms with Gasteiger partial charge in [0.1, 0.15) is 11.6 Å². The third-order valence-electron chi connectivity index (χ3n) is 5.39. The van der Waals surface area contributed by atoms with Crippen LogP contribution in [0.2, 0.25) is 0 Å². The lowest BCUT2D eigenvalue weighted by molar-refractivity contribution is 0.230. The lowest BCUT2D eigenvalue weighted by atomic mass is 10.1. The Bertz CT molecular complexity index is 904. The molecule has 128 valence electrons. The summed E-state index contributed by atoms with van der Waals surface area (Å²) in [7, 11) is 0. The van der Waals surface area contributed by atoms with Crippen LogP contribution in [0.1, 0.15) is 12.8 Å². The average molecular weight is 337 g/mol. The minimum atomic E-state index is -0.230. The highest BCUT2D eigenvalue weighted by molar-refractivity contribution is 5.67. The van der Waals surface area contributed by atoms with Crippen molar-refractivity contribution in [1.29, 1.82) is 0 Å². The number of halogens is 1. The van der Waals surface area contributed by atoms with Crippen LogP contribution in [-0.2, 0) is 0 Å². The number of nitrogens with zero attached hydrogens (tertiary/aromatic N) is 5. The number of hydrogen-bond acceptors (Lipinski definition) is 4. The van der Waals surface area contributed by atoms with Crippen LogP contribution in [0, 0.1) is 5.82 Å². The maximum atomic E-state index is 13.3. The van der Waals surface area contributed by atoms with E-state index in [2.05, 4.69) is 21.0 Å². The second-order valence-corrected chi connectivity index (χ2v) is 6.89. The Labute approximate surface area is 145 Å². The number of rotatable bonds is 2. The van der Waals surface area contributed by atoms with Crippen LogP contribution in [0.4, 0.5) is 10.2 Å². The van der Waals surface area contributed by atoms with Crippen molar-refractivity contribution in [2.24, 2.45) is 0 Å².